The molecule has 2 N–H and O–H groups in total. The van der Waals surface area contributed by atoms with Crippen LogP contribution < -0.4 is 19.7 Å². The fourth-order valence-corrected chi connectivity index (χ4v) is 15.8. The Morgan fingerprint density at radius 2 is 1.77 bits per heavy atom. The normalized spacial score (nSPS) is 23.0. The first-order chi connectivity index (χ1) is 27.0. The van der Waals surface area contributed by atoms with Crippen LogP contribution in [0, 0.1) is 22.7 Å². The Kier molecular flexibility index (Phi) is 9.71. The van der Waals surface area contributed by atoms with Gasteiger partial charge in [-0.05, 0) is 77.5 Å². The first-order valence-electron chi connectivity index (χ1n) is 20.9. The van der Waals surface area contributed by atoms with Crippen LogP contribution in [0.1, 0.15) is 72.8 Å². The van der Waals surface area contributed by atoms with Crippen LogP contribution in [0.4, 0.5) is 10.2 Å². The molecule has 0 radical (unpaired) electrons. The van der Waals surface area contributed by atoms with E-state index < -0.39 is 13.9 Å². The van der Waals surface area contributed by atoms with Gasteiger partial charge < -0.3 is 29.5 Å². The second-order valence-electron chi connectivity index (χ2n) is 18.1. The third-order valence-electron chi connectivity index (χ3n) is 13.7. The number of morpholine rings is 1. The Hall–Kier alpha value is -3.95. The molecule has 0 amide bonds. The highest BCUT2D eigenvalue weighted by Crippen LogP contribution is 2.49. The number of ether oxygens (including phenoxy) is 3. The van der Waals surface area contributed by atoms with Crippen LogP contribution in [0.3, 0.4) is 0 Å². The molecular formula is C45H56FN5O4Si. The molecule has 1 aliphatic carbocycles. The van der Waals surface area contributed by atoms with E-state index in [0.29, 0.717) is 64.0 Å². The molecule has 3 atom stereocenters. The molecule has 9 nitrogen and oxygen atoms in total. The lowest BCUT2D eigenvalue weighted by molar-refractivity contribution is 0.0231. The van der Waals surface area contributed by atoms with Crippen LogP contribution in [0.15, 0.2) is 36.4 Å². The predicted octanol–water partition coefficient (Wildman–Crippen LogP) is 8.06. The maximum Gasteiger partial charge on any atom is 0.319 e. The fourth-order valence-electron chi connectivity index (χ4n) is 10.6. The number of nitrogens with one attached hydrogen (secondary N) is 1. The second kappa shape index (κ2) is 14.5. The van der Waals surface area contributed by atoms with Crippen molar-refractivity contribution in [2.24, 2.45) is 5.41 Å². The number of phenolic OH excluding ortho intramolecular Hbond substituents is 1. The molecule has 4 fully saturated rings. The van der Waals surface area contributed by atoms with E-state index in [2.05, 4.69) is 68.1 Å². The number of hydrogen-bond donors (Lipinski definition) is 2. The average molecular weight is 778 g/mol. The highest BCUT2D eigenvalue weighted by Gasteiger charge is 2.47. The number of rotatable bonds is 9. The summed E-state index contributed by atoms with van der Waals surface area (Å²) in [4.78, 5) is 14.7. The van der Waals surface area contributed by atoms with E-state index in [1.807, 2.05) is 18.2 Å². The highest BCUT2D eigenvalue weighted by molar-refractivity contribution is 6.90. The molecule has 11 heteroatoms. The molecule has 2 bridgehead atoms. The van der Waals surface area contributed by atoms with Crippen molar-refractivity contribution >= 4 is 35.6 Å². The van der Waals surface area contributed by atoms with E-state index in [-0.39, 0.29) is 34.8 Å². The number of hydrogen-bond acceptors (Lipinski definition) is 9. The van der Waals surface area contributed by atoms with Gasteiger partial charge in [-0.2, -0.15) is 9.97 Å². The molecule has 5 heterocycles. The van der Waals surface area contributed by atoms with Crippen LogP contribution >= 0.6 is 0 Å². The Bertz CT molecular complexity index is 2200. The Labute approximate surface area is 331 Å². The van der Waals surface area contributed by atoms with Crippen molar-refractivity contribution in [2.75, 3.05) is 57.5 Å². The predicted molar refractivity (Wildman–Crippen MR) is 223 cm³/mol. The SMILES string of the molecule is CC(C)[Si](C#Cc1cccc2cc(O)cc(-c3cc4c5c(nc(OCC6(CN7CCOCC7)CC6)nc5c3F)N3C[C@H]5CC[C@H](N5)[C@@H]3CO4)c12)(C(C)C)C(C)C. The lowest BCUT2D eigenvalue weighted by atomic mass is 9.93. The molecular weight excluding hydrogens is 722 g/mol. The standard InChI is InChI=1S/C45H56FN5O4Si/c1-27(2)56(28(3)4,29(5)6)19-12-30-8-7-9-31-20-33(52)21-34(39(30)31)35-22-38-40-42(41(35)46)48-44(55-26-45(13-14-45)25-50-15-17-53-18-16-50)49-43(40)51-23-32-10-11-36(47-32)37(51)24-54-38/h7-9,20-22,27-29,32,36-37,47,52H,10-11,13-18,23-26H2,1-6H3/t32-,36+,37+/m1/s1. The number of anilines is 1. The van der Waals surface area contributed by atoms with E-state index in [1.54, 1.807) is 18.2 Å². The van der Waals surface area contributed by atoms with Crippen molar-refractivity contribution in [3.05, 3.63) is 47.8 Å². The zero-order valence-corrected chi connectivity index (χ0v) is 34.8. The summed E-state index contributed by atoms with van der Waals surface area (Å²) < 4.78 is 36.5. The van der Waals surface area contributed by atoms with Crippen LogP contribution in [-0.2, 0) is 4.74 Å². The number of halogens is 1. The van der Waals surface area contributed by atoms with Crippen molar-refractivity contribution in [3.63, 3.8) is 0 Å². The van der Waals surface area contributed by atoms with Crippen molar-refractivity contribution in [1.29, 1.82) is 0 Å². The van der Waals surface area contributed by atoms with Crippen LogP contribution in [0.25, 0.3) is 32.8 Å². The zero-order chi connectivity index (χ0) is 38.9. The number of phenols is 1. The van der Waals surface area contributed by atoms with Crippen LogP contribution in [-0.4, -0.2) is 98.8 Å². The maximum absolute atomic E-state index is 17.7. The topological polar surface area (TPSA) is 92.2 Å². The minimum absolute atomic E-state index is 0.0329. The van der Waals surface area contributed by atoms with Crippen molar-refractivity contribution < 1.29 is 23.7 Å². The lowest BCUT2D eigenvalue weighted by Crippen LogP contribution is -2.60. The van der Waals surface area contributed by atoms with Crippen molar-refractivity contribution in [2.45, 2.75) is 102 Å². The molecule has 296 valence electrons. The maximum atomic E-state index is 17.7. The minimum atomic E-state index is -2.08. The van der Waals surface area contributed by atoms with Gasteiger partial charge in [0.05, 0.1) is 31.2 Å². The summed E-state index contributed by atoms with van der Waals surface area (Å²) >= 11 is 0. The molecule has 4 aromatic rings. The molecule has 56 heavy (non-hydrogen) atoms. The van der Waals surface area contributed by atoms with E-state index >= 15 is 4.39 Å². The number of nitrogens with zero attached hydrogens (tertiary/aromatic N) is 4. The fraction of sp³-hybridized carbons (Fsp3) is 0.556. The van der Waals surface area contributed by atoms with Gasteiger partial charge in [0.1, 0.15) is 37.5 Å². The summed E-state index contributed by atoms with van der Waals surface area (Å²) in [6.45, 7) is 19.8. The van der Waals surface area contributed by atoms with E-state index in [4.69, 9.17) is 24.2 Å². The van der Waals surface area contributed by atoms with Gasteiger partial charge in [0, 0.05) is 60.2 Å². The van der Waals surface area contributed by atoms with Crippen molar-refractivity contribution in [1.82, 2.24) is 20.2 Å². The summed E-state index contributed by atoms with van der Waals surface area (Å²) in [6.07, 6.45) is 4.30. The van der Waals surface area contributed by atoms with E-state index in [1.165, 1.54) is 0 Å². The van der Waals surface area contributed by atoms with E-state index in [0.717, 1.165) is 81.4 Å². The number of aromatic hydroxyl groups is 1. The monoisotopic (exact) mass is 777 g/mol. The van der Waals surface area contributed by atoms with Gasteiger partial charge in [0.15, 0.2) is 5.82 Å². The lowest BCUT2D eigenvalue weighted by Gasteiger charge is -2.40. The quantitative estimate of drug-likeness (QED) is 0.129. The van der Waals surface area contributed by atoms with Crippen LogP contribution in [0.5, 0.6) is 17.5 Å². The van der Waals surface area contributed by atoms with Gasteiger partial charge in [0.2, 0.25) is 0 Å². The number of piperazine rings is 1. The van der Waals surface area contributed by atoms with Crippen LogP contribution in [0.2, 0.25) is 16.6 Å². The summed E-state index contributed by atoms with van der Waals surface area (Å²) in [5.74, 6) is 4.43. The molecule has 5 aliphatic rings. The third kappa shape index (κ3) is 6.50. The first kappa shape index (κ1) is 37.6. The average Bonchev–Trinajstić information content (AvgIpc) is 3.86. The van der Waals surface area contributed by atoms with E-state index in [9.17, 15) is 5.11 Å². The first-order valence-corrected chi connectivity index (χ1v) is 23.1. The Morgan fingerprint density at radius 3 is 2.50 bits per heavy atom. The van der Waals surface area contributed by atoms with Gasteiger partial charge in [-0.25, -0.2) is 4.39 Å². The van der Waals surface area contributed by atoms with Gasteiger partial charge in [0.25, 0.3) is 0 Å². The second-order valence-corrected chi connectivity index (χ2v) is 23.7. The molecule has 4 aliphatic heterocycles. The summed E-state index contributed by atoms with van der Waals surface area (Å²) in [5.41, 5.74) is 7.17. The molecule has 1 aromatic heterocycles. The third-order valence-corrected chi connectivity index (χ3v) is 20.0. The minimum Gasteiger partial charge on any atom is -0.508 e. The summed E-state index contributed by atoms with van der Waals surface area (Å²) in [5, 5.41) is 17.1. The highest BCUT2D eigenvalue weighted by atomic mass is 28.3. The van der Waals surface area contributed by atoms with Gasteiger partial charge in [-0.1, -0.05) is 59.6 Å². The summed E-state index contributed by atoms with van der Waals surface area (Å²) in [6, 6.07) is 12.0. The number of fused-ring (bicyclic) bond motifs is 6. The molecule has 0 unspecified atom stereocenters. The number of aromatic nitrogens is 2. The van der Waals surface area contributed by atoms with Gasteiger partial charge >= 0.3 is 6.01 Å². The molecule has 1 saturated carbocycles. The summed E-state index contributed by atoms with van der Waals surface area (Å²) in [7, 11) is -2.08. The van der Waals surface area contributed by atoms with Gasteiger partial charge in [-0.15, -0.1) is 5.54 Å². The Morgan fingerprint density at radius 1 is 1.00 bits per heavy atom. The van der Waals surface area contributed by atoms with Gasteiger partial charge in [-0.3, -0.25) is 4.90 Å². The smallest absolute Gasteiger partial charge is 0.319 e. The molecule has 0 spiro atoms. The number of benzene rings is 3. The molecule has 9 rings (SSSR count). The van der Waals surface area contributed by atoms with Crippen molar-refractivity contribution in [3.8, 4) is 40.1 Å². The zero-order valence-electron chi connectivity index (χ0n) is 33.8. The Balaban J connectivity index is 1.19. The molecule has 3 aromatic carbocycles. The largest absolute Gasteiger partial charge is 0.508 e. The molecule has 3 saturated heterocycles.